The van der Waals surface area contributed by atoms with Crippen LogP contribution in [0.15, 0.2) is 36.7 Å². The van der Waals surface area contributed by atoms with Crippen molar-refractivity contribution in [3.63, 3.8) is 0 Å². The maximum Gasteiger partial charge on any atom is 0.160 e. The number of aromatic nitrogens is 2. The Morgan fingerprint density at radius 3 is 2.50 bits per heavy atom. The molecule has 1 heterocycles. The molecule has 0 aliphatic rings. The lowest BCUT2D eigenvalue weighted by Gasteiger charge is -2.03. The van der Waals surface area contributed by atoms with Gasteiger partial charge in [-0.1, -0.05) is 23.7 Å². The van der Waals surface area contributed by atoms with Crippen molar-refractivity contribution < 1.29 is 0 Å². The fourth-order valence-corrected chi connectivity index (χ4v) is 1.65. The molecule has 4 heteroatoms. The minimum absolute atomic E-state index is 0.658. The van der Waals surface area contributed by atoms with E-state index in [1.54, 1.807) is 0 Å². The van der Waals surface area contributed by atoms with Crippen LogP contribution >= 0.6 is 11.6 Å². The third kappa shape index (κ3) is 2.38. The Bertz CT molecular complexity index is 468. The van der Waals surface area contributed by atoms with Crippen molar-refractivity contribution in [1.29, 1.82) is 0 Å². The second-order valence-electron chi connectivity index (χ2n) is 3.43. The van der Waals surface area contributed by atoms with Crippen molar-refractivity contribution in [3.05, 3.63) is 47.2 Å². The van der Waals surface area contributed by atoms with Gasteiger partial charge in [-0.05, 0) is 19.2 Å². The Kier molecular flexibility index (Phi) is 3.49. The molecule has 2 rings (SSSR count). The third-order valence-corrected chi connectivity index (χ3v) is 2.53. The van der Waals surface area contributed by atoms with Crippen LogP contribution in [0, 0.1) is 0 Å². The molecule has 0 bridgehead atoms. The summed E-state index contributed by atoms with van der Waals surface area (Å²) in [7, 11) is 1.89. The van der Waals surface area contributed by atoms with Crippen LogP contribution in [-0.4, -0.2) is 17.0 Å². The van der Waals surface area contributed by atoms with Crippen LogP contribution in [0.5, 0.6) is 0 Å². The summed E-state index contributed by atoms with van der Waals surface area (Å²) in [4.78, 5) is 8.59. The molecule has 0 saturated heterocycles. The molecule has 1 N–H and O–H groups in total. The zero-order valence-corrected chi connectivity index (χ0v) is 9.70. The van der Waals surface area contributed by atoms with E-state index in [-0.39, 0.29) is 0 Å². The molecule has 1 aromatic heterocycles. The summed E-state index contributed by atoms with van der Waals surface area (Å²) < 4.78 is 0. The normalized spacial score (nSPS) is 10.4. The molecule has 0 amide bonds. The van der Waals surface area contributed by atoms with Gasteiger partial charge in [0.25, 0.3) is 0 Å². The van der Waals surface area contributed by atoms with Gasteiger partial charge in [0, 0.05) is 30.1 Å². The zero-order valence-electron chi connectivity index (χ0n) is 8.94. The molecule has 0 fully saturated rings. The predicted molar refractivity (Wildman–Crippen MR) is 65.2 cm³/mol. The highest BCUT2D eigenvalue weighted by Gasteiger charge is 2.04. The summed E-state index contributed by atoms with van der Waals surface area (Å²) in [5.41, 5.74) is 1.92. The number of hydrogen-bond acceptors (Lipinski definition) is 3. The first-order valence-electron chi connectivity index (χ1n) is 5.01. The van der Waals surface area contributed by atoms with Crippen molar-refractivity contribution in [3.8, 4) is 11.4 Å². The van der Waals surface area contributed by atoms with Crippen LogP contribution in [-0.2, 0) is 6.54 Å². The Morgan fingerprint density at radius 1 is 1.19 bits per heavy atom. The van der Waals surface area contributed by atoms with E-state index in [1.807, 2.05) is 43.7 Å². The molecule has 1 aromatic carbocycles. The van der Waals surface area contributed by atoms with Gasteiger partial charge in [-0.25, -0.2) is 9.97 Å². The first-order valence-corrected chi connectivity index (χ1v) is 5.39. The smallest absolute Gasteiger partial charge is 0.160 e. The maximum atomic E-state index is 6.07. The highest BCUT2D eigenvalue weighted by molar-refractivity contribution is 6.33. The number of hydrogen-bond donors (Lipinski definition) is 1. The number of rotatable bonds is 3. The second kappa shape index (κ2) is 5.05. The van der Waals surface area contributed by atoms with Gasteiger partial charge in [-0.2, -0.15) is 0 Å². The number of halogens is 1. The Balaban J connectivity index is 2.31. The fraction of sp³-hybridized carbons (Fsp3) is 0.167. The van der Waals surface area contributed by atoms with Crippen molar-refractivity contribution in [2.24, 2.45) is 0 Å². The quantitative estimate of drug-likeness (QED) is 0.885. The van der Waals surface area contributed by atoms with E-state index in [0.717, 1.165) is 17.7 Å². The number of benzene rings is 1. The van der Waals surface area contributed by atoms with E-state index in [2.05, 4.69) is 15.3 Å². The molecule has 0 spiro atoms. The van der Waals surface area contributed by atoms with E-state index < -0.39 is 0 Å². The van der Waals surface area contributed by atoms with Crippen LogP contribution in [0.3, 0.4) is 0 Å². The van der Waals surface area contributed by atoms with E-state index >= 15 is 0 Å². The van der Waals surface area contributed by atoms with Crippen LogP contribution in [0.25, 0.3) is 11.4 Å². The van der Waals surface area contributed by atoms with Gasteiger partial charge in [0.1, 0.15) is 0 Å². The zero-order chi connectivity index (χ0) is 11.4. The lowest BCUT2D eigenvalue weighted by molar-refractivity contribution is 0.807. The molecule has 0 aliphatic carbocycles. The fourth-order valence-electron chi connectivity index (χ4n) is 1.43. The Labute approximate surface area is 99.5 Å². The average Bonchev–Trinajstić information content (AvgIpc) is 2.31. The largest absolute Gasteiger partial charge is 0.316 e. The molecule has 2 aromatic rings. The first-order chi connectivity index (χ1) is 7.81. The molecular weight excluding hydrogens is 222 g/mol. The highest BCUT2D eigenvalue weighted by Crippen LogP contribution is 2.23. The summed E-state index contributed by atoms with van der Waals surface area (Å²) in [5, 5.41) is 3.72. The summed E-state index contributed by atoms with van der Waals surface area (Å²) in [6, 6.07) is 7.56. The van der Waals surface area contributed by atoms with Crippen LogP contribution in [0.1, 0.15) is 5.56 Å². The van der Waals surface area contributed by atoms with Gasteiger partial charge in [0.2, 0.25) is 0 Å². The monoisotopic (exact) mass is 233 g/mol. The minimum Gasteiger partial charge on any atom is -0.316 e. The molecule has 0 saturated carbocycles. The topological polar surface area (TPSA) is 37.8 Å². The second-order valence-corrected chi connectivity index (χ2v) is 3.83. The van der Waals surface area contributed by atoms with Crippen molar-refractivity contribution in [1.82, 2.24) is 15.3 Å². The number of nitrogens with one attached hydrogen (secondary N) is 1. The average molecular weight is 234 g/mol. The summed E-state index contributed by atoms with van der Waals surface area (Å²) in [5.74, 6) is 0.658. The van der Waals surface area contributed by atoms with Gasteiger partial charge < -0.3 is 5.32 Å². The van der Waals surface area contributed by atoms with Crippen LogP contribution in [0.4, 0.5) is 0 Å². The molecule has 0 radical (unpaired) electrons. The Morgan fingerprint density at radius 2 is 1.88 bits per heavy atom. The SMILES string of the molecule is CNCc1cnc(-c2ccccc2Cl)nc1. The van der Waals surface area contributed by atoms with Crippen molar-refractivity contribution in [2.75, 3.05) is 7.05 Å². The lowest BCUT2D eigenvalue weighted by Crippen LogP contribution is -2.06. The van der Waals surface area contributed by atoms with Crippen molar-refractivity contribution in [2.45, 2.75) is 6.54 Å². The van der Waals surface area contributed by atoms with E-state index in [0.29, 0.717) is 10.8 Å². The van der Waals surface area contributed by atoms with E-state index in [9.17, 15) is 0 Å². The van der Waals surface area contributed by atoms with Gasteiger partial charge in [-0.15, -0.1) is 0 Å². The summed E-state index contributed by atoms with van der Waals surface area (Å²) in [6.07, 6.45) is 3.62. The molecule has 0 aliphatic heterocycles. The first kappa shape index (κ1) is 11.0. The molecular formula is C12H12ClN3. The molecule has 16 heavy (non-hydrogen) atoms. The molecule has 82 valence electrons. The van der Waals surface area contributed by atoms with Crippen molar-refractivity contribution >= 4 is 11.6 Å². The Hall–Kier alpha value is -1.45. The van der Waals surface area contributed by atoms with Crippen LogP contribution < -0.4 is 5.32 Å². The minimum atomic E-state index is 0.658. The molecule has 0 unspecified atom stereocenters. The highest BCUT2D eigenvalue weighted by atomic mass is 35.5. The molecule has 3 nitrogen and oxygen atoms in total. The summed E-state index contributed by atoms with van der Waals surface area (Å²) >= 11 is 6.07. The third-order valence-electron chi connectivity index (χ3n) is 2.20. The van der Waals surface area contributed by atoms with Gasteiger partial charge >= 0.3 is 0 Å². The molecule has 0 atom stereocenters. The van der Waals surface area contributed by atoms with Crippen LogP contribution in [0.2, 0.25) is 5.02 Å². The van der Waals surface area contributed by atoms with Gasteiger partial charge in [-0.3, -0.25) is 0 Å². The summed E-state index contributed by atoms with van der Waals surface area (Å²) in [6.45, 7) is 0.767. The number of nitrogens with zero attached hydrogens (tertiary/aromatic N) is 2. The van der Waals surface area contributed by atoms with E-state index in [1.165, 1.54) is 0 Å². The van der Waals surface area contributed by atoms with Gasteiger partial charge in [0.05, 0.1) is 5.02 Å². The van der Waals surface area contributed by atoms with Gasteiger partial charge in [0.15, 0.2) is 5.82 Å². The van der Waals surface area contributed by atoms with E-state index in [4.69, 9.17) is 11.6 Å². The maximum absolute atomic E-state index is 6.07. The standard InChI is InChI=1S/C12H12ClN3/c1-14-6-9-7-15-12(16-8-9)10-4-2-3-5-11(10)13/h2-5,7-8,14H,6H2,1H3. The lowest BCUT2D eigenvalue weighted by atomic mass is 10.2. The predicted octanol–water partition coefficient (Wildman–Crippen LogP) is 2.52.